The molecule has 1 aromatic heterocycles. The van der Waals surface area contributed by atoms with Gasteiger partial charge in [0.25, 0.3) is 0 Å². The number of benzene rings is 1. The summed E-state index contributed by atoms with van der Waals surface area (Å²) in [6.07, 6.45) is 4.50. The number of anilines is 1. The Morgan fingerprint density at radius 2 is 2.06 bits per heavy atom. The predicted octanol–water partition coefficient (Wildman–Crippen LogP) is 2.24. The molecule has 4 nitrogen and oxygen atoms in total. The second-order valence-corrected chi connectivity index (χ2v) is 4.51. The number of aromatic amines is 1. The molecule has 0 fully saturated rings. The lowest BCUT2D eigenvalue weighted by Gasteiger charge is -2.19. The Kier molecular flexibility index (Phi) is 2.28. The van der Waals surface area contributed by atoms with Crippen LogP contribution in [0, 0.1) is 0 Å². The highest BCUT2D eigenvalue weighted by Crippen LogP contribution is 2.37. The molecule has 0 saturated heterocycles. The van der Waals surface area contributed by atoms with Crippen LogP contribution in [0.5, 0.6) is 5.75 Å². The van der Waals surface area contributed by atoms with Crippen molar-refractivity contribution in [1.82, 2.24) is 10.2 Å². The number of hydrogen-bond donors (Lipinski definition) is 3. The third-order valence-electron chi connectivity index (χ3n) is 3.38. The van der Waals surface area contributed by atoms with Crippen molar-refractivity contribution in [3.05, 3.63) is 29.3 Å². The number of nitrogen functional groups attached to an aromatic ring is 1. The van der Waals surface area contributed by atoms with Gasteiger partial charge in [0.1, 0.15) is 11.6 Å². The van der Waals surface area contributed by atoms with Crippen LogP contribution in [-0.2, 0) is 12.8 Å². The van der Waals surface area contributed by atoms with E-state index in [0.717, 1.165) is 24.1 Å². The molecule has 4 heteroatoms. The summed E-state index contributed by atoms with van der Waals surface area (Å²) in [5.74, 6) is 0.752. The average Bonchev–Trinajstić information content (AvgIpc) is 2.75. The smallest absolute Gasteiger partial charge is 0.145 e. The van der Waals surface area contributed by atoms with E-state index in [0.29, 0.717) is 11.6 Å². The minimum Gasteiger partial charge on any atom is -0.507 e. The van der Waals surface area contributed by atoms with E-state index in [9.17, 15) is 5.11 Å². The van der Waals surface area contributed by atoms with Gasteiger partial charge in [-0.25, -0.2) is 0 Å². The molecule has 3 rings (SSSR count). The molecule has 0 amide bonds. The van der Waals surface area contributed by atoms with Crippen LogP contribution in [0.25, 0.3) is 11.3 Å². The summed E-state index contributed by atoms with van der Waals surface area (Å²) in [4.78, 5) is 0. The Morgan fingerprint density at radius 3 is 2.82 bits per heavy atom. The minimum absolute atomic E-state index is 0.300. The second-order valence-electron chi connectivity index (χ2n) is 4.51. The van der Waals surface area contributed by atoms with E-state index in [4.69, 9.17) is 5.73 Å². The molecule has 2 aromatic rings. The molecule has 1 heterocycles. The number of hydrogen-bond acceptors (Lipinski definition) is 3. The van der Waals surface area contributed by atoms with Gasteiger partial charge in [-0.1, -0.05) is 6.07 Å². The molecule has 0 spiro atoms. The largest absolute Gasteiger partial charge is 0.507 e. The fraction of sp³-hybridized carbons (Fsp3) is 0.308. The van der Waals surface area contributed by atoms with Crippen LogP contribution in [0.4, 0.5) is 5.82 Å². The number of rotatable bonds is 1. The van der Waals surface area contributed by atoms with Crippen LogP contribution in [0.2, 0.25) is 0 Å². The summed E-state index contributed by atoms with van der Waals surface area (Å²) in [7, 11) is 0. The van der Waals surface area contributed by atoms with Crippen molar-refractivity contribution in [1.29, 1.82) is 0 Å². The van der Waals surface area contributed by atoms with Crippen LogP contribution >= 0.6 is 0 Å². The Labute approximate surface area is 99.5 Å². The van der Waals surface area contributed by atoms with E-state index in [1.54, 1.807) is 12.1 Å². The Bertz CT molecular complexity index is 560. The lowest BCUT2D eigenvalue weighted by Crippen LogP contribution is -2.04. The third kappa shape index (κ3) is 1.65. The van der Waals surface area contributed by atoms with Gasteiger partial charge in [0.2, 0.25) is 0 Å². The number of H-pyrrole nitrogens is 1. The molecule has 0 unspecified atom stereocenters. The highest BCUT2D eigenvalue weighted by atomic mass is 16.3. The van der Waals surface area contributed by atoms with Crippen LogP contribution in [-0.4, -0.2) is 15.3 Å². The molecule has 0 radical (unpaired) electrons. The molecule has 17 heavy (non-hydrogen) atoms. The molecule has 1 aromatic carbocycles. The van der Waals surface area contributed by atoms with E-state index >= 15 is 0 Å². The second kappa shape index (κ2) is 3.80. The number of phenols is 1. The molecule has 4 N–H and O–H groups in total. The molecular weight excluding hydrogens is 214 g/mol. The van der Waals surface area contributed by atoms with Gasteiger partial charge in [0.15, 0.2) is 0 Å². The van der Waals surface area contributed by atoms with E-state index in [-0.39, 0.29) is 0 Å². The number of aromatic nitrogens is 2. The van der Waals surface area contributed by atoms with E-state index in [2.05, 4.69) is 10.2 Å². The van der Waals surface area contributed by atoms with Crippen molar-refractivity contribution in [2.45, 2.75) is 25.7 Å². The van der Waals surface area contributed by atoms with Crippen molar-refractivity contribution in [2.24, 2.45) is 0 Å². The van der Waals surface area contributed by atoms with Gasteiger partial charge in [-0.05, 0) is 42.9 Å². The normalized spacial score (nSPS) is 14.6. The highest BCUT2D eigenvalue weighted by molar-refractivity contribution is 5.74. The SMILES string of the molecule is Nc1cc(-c2c(O)ccc3c2CCCC3)[nH]n1. The fourth-order valence-electron chi connectivity index (χ4n) is 2.58. The van der Waals surface area contributed by atoms with E-state index in [1.165, 1.54) is 24.0 Å². The van der Waals surface area contributed by atoms with Gasteiger partial charge in [-0.15, -0.1) is 0 Å². The summed E-state index contributed by atoms with van der Waals surface area (Å²) >= 11 is 0. The summed E-state index contributed by atoms with van der Waals surface area (Å²) < 4.78 is 0. The molecule has 1 aliphatic rings. The van der Waals surface area contributed by atoms with Crippen LogP contribution < -0.4 is 5.73 Å². The zero-order valence-corrected chi connectivity index (χ0v) is 9.53. The number of nitrogens with zero attached hydrogens (tertiary/aromatic N) is 1. The average molecular weight is 229 g/mol. The maximum absolute atomic E-state index is 10.0. The lowest BCUT2D eigenvalue weighted by molar-refractivity contribution is 0.475. The monoisotopic (exact) mass is 229 g/mol. The molecule has 88 valence electrons. The summed E-state index contributed by atoms with van der Waals surface area (Å²) in [5, 5.41) is 16.8. The van der Waals surface area contributed by atoms with Crippen molar-refractivity contribution >= 4 is 5.82 Å². The van der Waals surface area contributed by atoms with Crippen LogP contribution in [0.15, 0.2) is 18.2 Å². The standard InChI is InChI=1S/C13H15N3O/c14-12-7-10(15-16-12)13-9-4-2-1-3-8(9)5-6-11(13)17/h5-7,17H,1-4H2,(H3,14,15,16). The number of phenolic OH excluding ortho intramolecular Hbond substituents is 1. The summed E-state index contributed by atoms with van der Waals surface area (Å²) in [6.45, 7) is 0. The quantitative estimate of drug-likeness (QED) is 0.702. The molecule has 0 aliphatic heterocycles. The number of aromatic hydroxyl groups is 1. The number of aryl methyl sites for hydroxylation is 1. The Balaban J connectivity index is 2.20. The Morgan fingerprint density at radius 1 is 1.24 bits per heavy atom. The third-order valence-corrected chi connectivity index (χ3v) is 3.38. The van der Waals surface area contributed by atoms with E-state index < -0.39 is 0 Å². The predicted molar refractivity (Wildman–Crippen MR) is 66.7 cm³/mol. The minimum atomic E-state index is 0.300. The first-order chi connectivity index (χ1) is 8.25. The lowest BCUT2D eigenvalue weighted by atomic mass is 9.87. The van der Waals surface area contributed by atoms with Gasteiger partial charge in [-0.3, -0.25) is 5.10 Å². The molecule has 0 bridgehead atoms. The number of nitrogens with two attached hydrogens (primary N) is 1. The highest BCUT2D eigenvalue weighted by Gasteiger charge is 2.18. The zero-order valence-electron chi connectivity index (χ0n) is 9.53. The first kappa shape index (κ1) is 10.2. The Hall–Kier alpha value is -1.97. The van der Waals surface area contributed by atoms with Crippen molar-refractivity contribution in [2.75, 3.05) is 5.73 Å². The van der Waals surface area contributed by atoms with Crippen molar-refractivity contribution in [3.8, 4) is 17.0 Å². The molecule has 0 atom stereocenters. The fourth-order valence-corrected chi connectivity index (χ4v) is 2.58. The number of fused-ring (bicyclic) bond motifs is 1. The number of nitrogens with one attached hydrogen (secondary N) is 1. The summed E-state index contributed by atoms with van der Waals surface area (Å²) in [6, 6.07) is 5.55. The van der Waals surface area contributed by atoms with Gasteiger partial charge in [-0.2, -0.15) is 5.10 Å². The van der Waals surface area contributed by atoms with Gasteiger partial charge < -0.3 is 10.8 Å². The maximum Gasteiger partial charge on any atom is 0.145 e. The van der Waals surface area contributed by atoms with Crippen LogP contribution in [0.1, 0.15) is 24.0 Å². The molecular formula is C13H15N3O. The molecule has 1 aliphatic carbocycles. The van der Waals surface area contributed by atoms with Crippen molar-refractivity contribution < 1.29 is 5.11 Å². The van der Waals surface area contributed by atoms with Crippen molar-refractivity contribution in [3.63, 3.8) is 0 Å². The van der Waals surface area contributed by atoms with E-state index in [1.807, 2.05) is 6.07 Å². The zero-order chi connectivity index (χ0) is 11.8. The first-order valence-electron chi connectivity index (χ1n) is 5.90. The summed E-state index contributed by atoms with van der Waals surface area (Å²) in [5.41, 5.74) is 9.86. The van der Waals surface area contributed by atoms with Crippen LogP contribution in [0.3, 0.4) is 0 Å². The van der Waals surface area contributed by atoms with Gasteiger partial charge in [0, 0.05) is 11.6 Å². The van der Waals surface area contributed by atoms with Gasteiger partial charge >= 0.3 is 0 Å². The first-order valence-corrected chi connectivity index (χ1v) is 5.90. The maximum atomic E-state index is 10.0. The van der Waals surface area contributed by atoms with Gasteiger partial charge in [0.05, 0.1) is 5.69 Å². The molecule has 0 saturated carbocycles. The topological polar surface area (TPSA) is 74.9 Å².